The number of nitrogens with one attached hydrogen (secondary N) is 2. The third-order valence-electron chi connectivity index (χ3n) is 5.71. The minimum absolute atomic E-state index is 0.326. The molecule has 0 aliphatic rings. The van der Waals surface area contributed by atoms with Crippen LogP contribution in [0.4, 0.5) is 5.69 Å². The lowest BCUT2D eigenvalue weighted by molar-refractivity contribution is -0.896. The molecule has 3 aromatic rings. The summed E-state index contributed by atoms with van der Waals surface area (Å²) in [5.41, 5.74) is 6.02. The molecule has 176 valence electrons. The van der Waals surface area contributed by atoms with Crippen LogP contribution in [0.15, 0.2) is 54.0 Å². The lowest BCUT2D eigenvalue weighted by Gasteiger charge is -2.15. The van der Waals surface area contributed by atoms with Crippen molar-refractivity contribution < 1.29 is 14.4 Å². The third-order valence-corrected chi connectivity index (χ3v) is 6.58. The summed E-state index contributed by atoms with van der Waals surface area (Å²) in [7, 11) is 0. The molecule has 0 fully saturated rings. The smallest absolute Gasteiger partial charge is 0.338 e. The van der Waals surface area contributed by atoms with E-state index in [-0.39, 0.29) is 5.97 Å². The van der Waals surface area contributed by atoms with Gasteiger partial charge in [0, 0.05) is 22.8 Å². The van der Waals surface area contributed by atoms with Crippen molar-refractivity contribution >= 4 is 28.6 Å². The number of hydrogen-bond donors (Lipinski definition) is 2. The van der Waals surface area contributed by atoms with Crippen molar-refractivity contribution in [2.75, 3.05) is 31.6 Å². The Bertz CT molecular complexity index is 1190. The number of esters is 1. The van der Waals surface area contributed by atoms with Gasteiger partial charge in [-0.2, -0.15) is 5.26 Å². The molecule has 0 radical (unpaired) electrons. The largest absolute Gasteiger partial charge is 0.456 e. The van der Waals surface area contributed by atoms with E-state index in [1.54, 1.807) is 30.5 Å². The summed E-state index contributed by atoms with van der Waals surface area (Å²) < 4.78 is 5.39. The predicted molar refractivity (Wildman–Crippen MR) is 138 cm³/mol. The van der Waals surface area contributed by atoms with E-state index >= 15 is 0 Å². The number of nitriles is 1. The maximum absolute atomic E-state index is 12.3. The number of thiazole rings is 1. The summed E-state index contributed by atoms with van der Waals surface area (Å²) >= 11 is 1.44. The fraction of sp³-hybridized carbons (Fsp3) is 0.296. The quantitative estimate of drug-likeness (QED) is 0.334. The first-order valence-corrected chi connectivity index (χ1v) is 12.3. The number of aromatic nitrogens is 1. The number of aryl methyl sites for hydroxylation is 2. The maximum Gasteiger partial charge on any atom is 0.338 e. The van der Waals surface area contributed by atoms with Crippen molar-refractivity contribution in [3.63, 3.8) is 0 Å². The van der Waals surface area contributed by atoms with Crippen LogP contribution in [0.3, 0.4) is 0 Å². The van der Waals surface area contributed by atoms with Gasteiger partial charge >= 0.3 is 5.97 Å². The molecular weight excluding hydrogens is 444 g/mol. The van der Waals surface area contributed by atoms with Crippen molar-refractivity contribution in [3.8, 4) is 17.3 Å². The van der Waals surface area contributed by atoms with Crippen LogP contribution in [0.2, 0.25) is 0 Å². The van der Waals surface area contributed by atoms with Gasteiger partial charge in [-0.25, -0.2) is 9.78 Å². The number of hydrogen-bond acceptors (Lipinski definition) is 6. The number of carbonyl (C=O) groups is 1. The van der Waals surface area contributed by atoms with Crippen molar-refractivity contribution in [1.29, 1.82) is 5.26 Å². The molecule has 0 atom stereocenters. The van der Waals surface area contributed by atoms with E-state index in [1.807, 2.05) is 5.38 Å². The summed E-state index contributed by atoms with van der Waals surface area (Å²) in [6.45, 7) is 11.6. The van der Waals surface area contributed by atoms with Gasteiger partial charge in [0.2, 0.25) is 0 Å². The van der Waals surface area contributed by atoms with Crippen LogP contribution < -0.4 is 10.2 Å². The van der Waals surface area contributed by atoms with E-state index < -0.39 is 0 Å². The van der Waals surface area contributed by atoms with Gasteiger partial charge < -0.3 is 15.0 Å². The van der Waals surface area contributed by atoms with Crippen LogP contribution in [0, 0.1) is 25.2 Å². The van der Waals surface area contributed by atoms with Crippen molar-refractivity contribution in [2.45, 2.75) is 27.7 Å². The second kappa shape index (κ2) is 12.1. The summed E-state index contributed by atoms with van der Waals surface area (Å²) in [5.74, 6) is -0.326. The van der Waals surface area contributed by atoms with Crippen molar-refractivity contribution in [2.24, 2.45) is 0 Å². The fourth-order valence-corrected chi connectivity index (χ4v) is 4.38. The average molecular weight is 476 g/mol. The van der Waals surface area contributed by atoms with Gasteiger partial charge in [0.15, 0.2) is 0 Å². The molecule has 0 aliphatic carbocycles. The molecule has 0 amide bonds. The van der Waals surface area contributed by atoms with Gasteiger partial charge in [-0.05, 0) is 57.5 Å². The predicted octanol–water partition coefficient (Wildman–Crippen LogP) is 4.49. The number of allylic oxidation sites excluding steroid dienone is 1. The highest BCUT2D eigenvalue weighted by Crippen LogP contribution is 2.28. The van der Waals surface area contributed by atoms with Gasteiger partial charge in [0.05, 0.1) is 24.3 Å². The summed E-state index contributed by atoms with van der Waals surface area (Å²) in [5, 5.41) is 15.4. The zero-order valence-corrected chi connectivity index (χ0v) is 21.0. The molecule has 0 spiro atoms. The minimum atomic E-state index is -0.326. The van der Waals surface area contributed by atoms with Gasteiger partial charge in [0.25, 0.3) is 0 Å². The Morgan fingerprint density at radius 2 is 1.91 bits per heavy atom. The molecule has 0 saturated carbocycles. The van der Waals surface area contributed by atoms with Crippen LogP contribution in [0.1, 0.15) is 40.3 Å². The molecular formula is C27H31N4O2S+. The number of ether oxygens (including phenoxy) is 1. The molecule has 3 rings (SSSR count). The molecule has 0 bridgehead atoms. The Hall–Kier alpha value is -3.47. The summed E-state index contributed by atoms with van der Waals surface area (Å²) in [6, 6.07) is 15.5. The molecule has 0 saturated heterocycles. The van der Waals surface area contributed by atoms with Gasteiger partial charge in [-0.1, -0.05) is 23.8 Å². The number of carbonyl (C=O) groups excluding carboxylic acids is 1. The monoisotopic (exact) mass is 475 g/mol. The van der Waals surface area contributed by atoms with Crippen LogP contribution in [-0.4, -0.2) is 37.2 Å². The Labute approximate surface area is 205 Å². The number of rotatable bonds is 10. The Morgan fingerprint density at radius 1 is 1.18 bits per heavy atom. The van der Waals surface area contributed by atoms with E-state index in [4.69, 9.17) is 4.74 Å². The van der Waals surface area contributed by atoms with Crippen molar-refractivity contribution in [1.82, 2.24) is 4.98 Å². The molecule has 0 aliphatic heterocycles. The Kier molecular flexibility index (Phi) is 8.97. The van der Waals surface area contributed by atoms with E-state index in [0.717, 1.165) is 42.1 Å². The van der Waals surface area contributed by atoms with E-state index in [9.17, 15) is 10.1 Å². The standard InChI is InChI=1S/C27H30N4O2S/c1-5-31(6-2)13-14-33-27(32)21-8-10-23(11-9-21)29-17-22(16-28)26-30-25(18-34-26)24-12-7-19(3)15-20(24)4/h7-12,15,17-18,29H,5-6,13-14H2,1-4H3/p+1/b22-17-. The highest BCUT2D eigenvalue weighted by atomic mass is 32.1. The van der Waals surface area contributed by atoms with Crippen LogP contribution in [0.25, 0.3) is 16.8 Å². The highest BCUT2D eigenvalue weighted by molar-refractivity contribution is 7.11. The van der Waals surface area contributed by atoms with E-state index in [1.165, 1.54) is 21.8 Å². The summed E-state index contributed by atoms with van der Waals surface area (Å²) in [6.07, 6.45) is 1.64. The molecule has 7 heteroatoms. The molecule has 1 aromatic heterocycles. The van der Waals surface area contributed by atoms with Gasteiger partial charge in [-0.3, -0.25) is 0 Å². The lowest BCUT2D eigenvalue weighted by atomic mass is 10.0. The zero-order valence-electron chi connectivity index (χ0n) is 20.1. The first-order chi connectivity index (χ1) is 16.4. The topological polar surface area (TPSA) is 79.5 Å². The molecule has 1 heterocycles. The molecule has 2 N–H and O–H groups in total. The average Bonchev–Trinajstić information content (AvgIpc) is 3.32. The van der Waals surface area contributed by atoms with E-state index in [2.05, 4.69) is 62.3 Å². The zero-order chi connectivity index (χ0) is 24.5. The highest BCUT2D eigenvalue weighted by Gasteiger charge is 2.12. The van der Waals surface area contributed by atoms with E-state index in [0.29, 0.717) is 22.8 Å². The van der Waals surface area contributed by atoms with Gasteiger partial charge in [0.1, 0.15) is 29.8 Å². The fourth-order valence-electron chi connectivity index (χ4n) is 3.60. The number of benzene rings is 2. The second-order valence-electron chi connectivity index (χ2n) is 8.09. The first-order valence-electron chi connectivity index (χ1n) is 11.5. The first kappa shape index (κ1) is 25.2. The number of likely N-dealkylation sites (N-methyl/N-ethyl adjacent to an activating group) is 1. The Morgan fingerprint density at radius 3 is 2.56 bits per heavy atom. The minimum Gasteiger partial charge on any atom is -0.456 e. The molecule has 2 aromatic carbocycles. The lowest BCUT2D eigenvalue weighted by Crippen LogP contribution is -3.11. The number of anilines is 1. The number of quaternary nitrogens is 1. The number of nitrogens with zero attached hydrogens (tertiary/aromatic N) is 2. The van der Waals surface area contributed by atoms with Gasteiger partial charge in [-0.15, -0.1) is 11.3 Å². The van der Waals surface area contributed by atoms with Crippen LogP contribution in [-0.2, 0) is 4.74 Å². The van der Waals surface area contributed by atoms with Crippen molar-refractivity contribution in [3.05, 3.63) is 75.7 Å². The van der Waals surface area contributed by atoms with Crippen LogP contribution in [0.5, 0.6) is 0 Å². The Balaban J connectivity index is 1.62. The maximum atomic E-state index is 12.3. The molecule has 0 unspecified atom stereocenters. The second-order valence-corrected chi connectivity index (χ2v) is 8.95. The molecule has 34 heavy (non-hydrogen) atoms. The van der Waals surface area contributed by atoms with Crippen LogP contribution >= 0.6 is 11.3 Å². The normalized spacial score (nSPS) is 11.4. The summed E-state index contributed by atoms with van der Waals surface area (Å²) in [4.78, 5) is 18.3. The third kappa shape index (κ3) is 6.53. The SMILES string of the molecule is CC[NH+](CC)CCOC(=O)c1ccc(N/C=C(/C#N)c2nc(-c3ccc(C)cc3C)cs2)cc1. The molecule has 6 nitrogen and oxygen atoms in total.